The molecule has 0 spiro atoms. The van der Waals surface area contributed by atoms with Gasteiger partial charge >= 0.3 is 0 Å². The lowest BCUT2D eigenvalue weighted by Gasteiger charge is -2.28. The van der Waals surface area contributed by atoms with Gasteiger partial charge in [-0.15, -0.1) is 0 Å². The lowest BCUT2D eigenvalue weighted by molar-refractivity contribution is -0.0691. The standard InChI is InChI=1S/C13H16BrFO2/c14-10-4-3-9(11(15)8-10)7-12(16)13(17)5-1-2-6-13/h3-4,8,12,16-17H,1-2,5-7H2. The molecule has 1 aromatic carbocycles. The first-order chi connectivity index (χ1) is 8.01. The van der Waals surface area contributed by atoms with Gasteiger partial charge in [-0.1, -0.05) is 34.8 Å². The Morgan fingerprint density at radius 1 is 1.35 bits per heavy atom. The van der Waals surface area contributed by atoms with Crippen molar-refractivity contribution in [2.75, 3.05) is 0 Å². The third-order valence-electron chi connectivity index (χ3n) is 3.52. The summed E-state index contributed by atoms with van der Waals surface area (Å²) in [5.41, 5.74) is -0.583. The van der Waals surface area contributed by atoms with E-state index in [1.807, 2.05) is 0 Å². The van der Waals surface area contributed by atoms with E-state index in [9.17, 15) is 14.6 Å². The predicted octanol–water partition coefficient (Wildman–Crippen LogP) is 2.80. The molecule has 4 heteroatoms. The minimum absolute atomic E-state index is 0.162. The number of hydrogen-bond donors (Lipinski definition) is 2. The van der Waals surface area contributed by atoms with Gasteiger partial charge in [0.25, 0.3) is 0 Å². The second-order valence-corrected chi connectivity index (χ2v) is 5.68. The van der Waals surface area contributed by atoms with Crippen molar-refractivity contribution in [1.29, 1.82) is 0 Å². The SMILES string of the molecule is OC(Cc1ccc(Br)cc1F)C1(O)CCCC1. The van der Waals surface area contributed by atoms with Crippen LogP contribution in [0.15, 0.2) is 22.7 Å². The topological polar surface area (TPSA) is 40.5 Å². The number of rotatable bonds is 3. The number of aliphatic hydroxyl groups excluding tert-OH is 1. The molecule has 1 aliphatic rings. The Kier molecular flexibility index (Phi) is 3.85. The summed E-state index contributed by atoms with van der Waals surface area (Å²) >= 11 is 3.19. The molecular weight excluding hydrogens is 287 g/mol. The number of aliphatic hydroxyl groups is 2. The summed E-state index contributed by atoms with van der Waals surface area (Å²) in [6.45, 7) is 0. The molecule has 94 valence electrons. The fourth-order valence-electron chi connectivity index (χ4n) is 2.41. The van der Waals surface area contributed by atoms with Crippen molar-refractivity contribution in [2.24, 2.45) is 0 Å². The van der Waals surface area contributed by atoms with E-state index in [4.69, 9.17) is 0 Å². The van der Waals surface area contributed by atoms with Crippen LogP contribution in [0.25, 0.3) is 0 Å². The number of hydrogen-bond acceptors (Lipinski definition) is 2. The molecule has 1 saturated carbocycles. The van der Waals surface area contributed by atoms with E-state index in [1.54, 1.807) is 12.1 Å². The zero-order valence-electron chi connectivity index (χ0n) is 9.50. The predicted molar refractivity (Wildman–Crippen MR) is 67.2 cm³/mol. The third kappa shape index (κ3) is 2.87. The van der Waals surface area contributed by atoms with Crippen molar-refractivity contribution >= 4 is 15.9 Å². The fourth-order valence-corrected chi connectivity index (χ4v) is 2.74. The van der Waals surface area contributed by atoms with Crippen molar-refractivity contribution in [2.45, 2.75) is 43.8 Å². The molecule has 1 unspecified atom stereocenters. The molecule has 2 rings (SSSR count). The first-order valence-electron chi connectivity index (χ1n) is 5.86. The summed E-state index contributed by atoms with van der Waals surface area (Å²) in [6, 6.07) is 4.76. The second kappa shape index (κ2) is 5.04. The van der Waals surface area contributed by atoms with Crippen LogP contribution in [-0.4, -0.2) is 21.9 Å². The van der Waals surface area contributed by atoms with Crippen LogP contribution in [0.2, 0.25) is 0 Å². The molecule has 2 N–H and O–H groups in total. The van der Waals surface area contributed by atoms with Crippen LogP contribution in [-0.2, 0) is 6.42 Å². The summed E-state index contributed by atoms with van der Waals surface area (Å²) < 4.78 is 14.3. The van der Waals surface area contributed by atoms with Gasteiger partial charge in [0, 0.05) is 10.9 Å². The van der Waals surface area contributed by atoms with E-state index in [-0.39, 0.29) is 12.2 Å². The third-order valence-corrected chi connectivity index (χ3v) is 4.01. The minimum Gasteiger partial charge on any atom is -0.390 e. The van der Waals surface area contributed by atoms with Gasteiger partial charge < -0.3 is 10.2 Å². The van der Waals surface area contributed by atoms with Crippen molar-refractivity contribution in [3.63, 3.8) is 0 Å². The minimum atomic E-state index is -1.03. The summed E-state index contributed by atoms with van der Waals surface area (Å²) in [7, 11) is 0. The molecule has 1 fully saturated rings. The van der Waals surface area contributed by atoms with Crippen molar-refractivity contribution in [3.05, 3.63) is 34.1 Å². The zero-order valence-corrected chi connectivity index (χ0v) is 11.1. The van der Waals surface area contributed by atoms with E-state index < -0.39 is 11.7 Å². The largest absolute Gasteiger partial charge is 0.390 e. The number of halogens is 2. The Labute approximate surface area is 109 Å². The van der Waals surface area contributed by atoms with Crippen LogP contribution in [0.3, 0.4) is 0 Å². The van der Waals surface area contributed by atoms with E-state index >= 15 is 0 Å². The Balaban J connectivity index is 2.10. The summed E-state index contributed by atoms with van der Waals surface area (Å²) in [5, 5.41) is 20.2. The maximum absolute atomic E-state index is 13.6. The molecule has 0 amide bonds. The molecule has 0 radical (unpaired) electrons. The highest BCUT2D eigenvalue weighted by Gasteiger charge is 2.38. The molecule has 0 aliphatic heterocycles. The average Bonchev–Trinajstić information content (AvgIpc) is 2.71. The van der Waals surface area contributed by atoms with Gasteiger partial charge in [-0.05, 0) is 30.5 Å². The second-order valence-electron chi connectivity index (χ2n) is 4.77. The Morgan fingerprint density at radius 2 is 2.00 bits per heavy atom. The van der Waals surface area contributed by atoms with Gasteiger partial charge in [0.2, 0.25) is 0 Å². The quantitative estimate of drug-likeness (QED) is 0.901. The van der Waals surface area contributed by atoms with Crippen molar-refractivity contribution < 1.29 is 14.6 Å². The highest BCUT2D eigenvalue weighted by atomic mass is 79.9. The van der Waals surface area contributed by atoms with Crippen LogP contribution >= 0.6 is 15.9 Å². The zero-order chi connectivity index (χ0) is 12.5. The maximum Gasteiger partial charge on any atom is 0.127 e. The Morgan fingerprint density at radius 3 is 2.59 bits per heavy atom. The monoisotopic (exact) mass is 302 g/mol. The molecule has 1 aromatic rings. The van der Waals surface area contributed by atoms with Gasteiger partial charge in [0.05, 0.1) is 11.7 Å². The normalized spacial score (nSPS) is 20.5. The van der Waals surface area contributed by atoms with Gasteiger partial charge in [-0.2, -0.15) is 0 Å². The smallest absolute Gasteiger partial charge is 0.127 e. The molecule has 0 heterocycles. The van der Waals surface area contributed by atoms with Gasteiger partial charge in [0.15, 0.2) is 0 Å². The molecule has 0 bridgehead atoms. The van der Waals surface area contributed by atoms with E-state index in [0.717, 1.165) is 12.8 Å². The Hall–Kier alpha value is -0.450. The van der Waals surface area contributed by atoms with E-state index in [1.165, 1.54) is 6.07 Å². The molecule has 1 aliphatic carbocycles. The molecule has 0 aromatic heterocycles. The lowest BCUT2D eigenvalue weighted by atomic mass is 9.90. The highest BCUT2D eigenvalue weighted by molar-refractivity contribution is 9.10. The summed E-state index contributed by atoms with van der Waals surface area (Å²) in [6.07, 6.45) is 2.33. The maximum atomic E-state index is 13.6. The Bertz CT molecular complexity index is 402. The van der Waals surface area contributed by atoms with Crippen LogP contribution in [0.5, 0.6) is 0 Å². The molecule has 17 heavy (non-hydrogen) atoms. The lowest BCUT2D eigenvalue weighted by Crippen LogP contribution is -2.41. The van der Waals surface area contributed by atoms with Crippen LogP contribution in [0.1, 0.15) is 31.2 Å². The van der Waals surface area contributed by atoms with E-state index in [0.29, 0.717) is 22.9 Å². The highest BCUT2D eigenvalue weighted by Crippen LogP contribution is 2.34. The molecule has 1 atom stereocenters. The van der Waals surface area contributed by atoms with Crippen molar-refractivity contribution in [1.82, 2.24) is 0 Å². The molecular formula is C13H16BrFO2. The average molecular weight is 303 g/mol. The fraction of sp³-hybridized carbons (Fsp3) is 0.538. The summed E-state index contributed by atoms with van der Waals surface area (Å²) in [4.78, 5) is 0. The van der Waals surface area contributed by atoms with Gasteiger partial charge in [-0.25, -0.2) is 4.39 Å². The molecule has 0 saturated heterocycles. The molecule has 2 nitrogen and oxygen atoms in total. The van der Waals surface area contributed by atoms with Crippen LogP contribution < -0.4 is 0 Å². The van der Waals surface area contributed by atoms with Gasteiger partial charge in [-0.3, -0.25) is 0 Å². The van der Waals surface area contributed by atoms with E-state index in [2.05, 4.69) is 15.9 Å². The van der Waals surface area contributed by atoms with Crippen molar-refractivity contribution in [3.8, 4) is 0 Å². The van der Waals surface area contributed by atoms with Crippen LogP contribution in [0, 0.1) is 5.82 Å². The van der Waals surface area contributed by atoms with Gasteiger partial charge in [0.1, 0.15) is 5.82 Å². The van der Waals surface area contributed by atoms with Crippen LogP contribution in [0.4, 0.5) is 4.39 Å². The first-order valence-corrected chi connectivity index (χ1v) is 6.65. The number of benzene rings is 1. The summed E-state index contributed by atoms with van der Waals surface area (Å²) in [5.74, 6) is -0.347. The first kappa shape index (κ1) is 13.0.